The molecule has 2 rings (SSSR count). The number of aryl methyl sites for hydroxylation is 2. The molecule has 1 aromatic carbocycles. The van der Waals surface area contributed by atoms with Crippen LogP contribution in [-0.2, 0) is 13.1 Å². The van der Waals surface area contributed by atoms with Gasteiger partial charge < -0.3 is 15.4 Å². The van der Waals surface area contributed by atoms with Crippen molar-refractivity contribution in [1.29, 1.82) is 0 Å². The minimum atomic E-state index is -0.253. The van der Waals surface area contributed by atoms with Crippen LogP contribution in [0.2, 0.25) is 0 Å². The number of nitrogens with one attached hydrogen (secondary N) is 2. The van der Waals surface area contributed by atoms with Crippen molar-refractivity contribution in [3.8, 4) is 5.75 Å². The quantitative estimate of drug-likeness (QED) is 0.892. The summed E-state index contributed by atoms with van der Waals surface area (Å²) in [5.74, 6) is 0.703. The Balaban J connectivity index is 1.97. The van der Waals surface area contributed by atoms with Crippen molar-refractivity contribution in [1.82, 2.24) is 15.1 Å². The van der Waals surface area contributed by atoms with Crippen LogP contribution in [0.3, 0.4) is 0 Å². The molecule has 0 saturated carbocycles. The summed E-state index contributed by atoms with van der Waals surface area (Å²) in [6, 6.07) is 6.98. The number of carbonyl (C=O) groups is 1. The van der Waals surface area contributed by atoms with Crippen LogP contribution in [0.5, 0.6) is 5.75 Å². The summed E-state index contributed by atoms with van der Waals surface area (Å²) >= 11 is 0. The van der Waals surface area contributed by atoms with E-state index in [2.05, 4.69) is 15.7 Å². The van der Waals surface area contributed by atoms with Crippen molar-refractivity contribution >= 4 is 11.7 Å². The lowest BCUT2D eigenvalue weighted by Gasteiger charge is -2.09. The molecule has 118 valence electrons. The number of carbonyl (C=O) groups excluding carboxylic acids is 1. The molecule has 2 aromatic rings. The summed E-state index contributed by atoms with van der Waals surface area (Å²) in [6.07, 6.45) is 0. The highest BCUT2D eigenvalue weighted by atomic mass is 16.5. The Morgan fingerprint density at radius 3 is 2.77 bits per heavy atom. The molecule has 6 heteroatoms. The Morgan fingerprint density at radius 2 is 2.14 bits per heavy atom. The monoisotopic (exact) mass is 302 g/mol. The smallest absolute Gasteiger partial charge is 0.319 e. The van der Waals surface area contributed by atoms with Gasteiger partial charge in [-0.3, -0.25) is 4.68 Å². The molecule has 1 aromatic heterocycles. The van der Waals surface area contributed by atoms with Gasteiger partial charge in [0.15, 0.2) is 0 Å². The highest BCUT2D eigenvalue weighted by Crippen LogP contribution is 2.17. The van der Waals surface area contributed by atoms with E-state index in [9.17, 15) is 4.79 Å². The van der Waals surface area contributed by atoms with Crippen molar-refractivity contribution in [3.05, 3.63) is 41.2 Å². The number of urea groups is 1. The third kappa shape index (κ3) is 3.58. The topological polar surface area (TPSA) is 68.2 Å². The van der Waals surface area contributed by atoms with Crippen molar-refractivity contribution in [2.75, 3.05) is 12.4 Å². The fourth-order valence-electron chi connectivity index (χ4n) is 2.34. The molecule has 1 heterocycles. The standard InChI is InChI=1S/C16H22N4O2/c1-5-20-12(3)15(11(2)19-20)10-17-16(21)18-13-7-6-8-14(9-13)22-4/h6-9H,5,10H2,1-4H3,(H2,17,18,21). The molecule has 0 aliphatic rings. The summed E-state index contributed by atoms with van der Waals surface area (Å²) in [5.41, 5.74) is 3.78. The Hall–Kier alpha value is -2.50. The Kier molecular flexibility index (Phi) is 5.04. The van der Waals surface area contributed by atoms with Crippen LogP contribution < -0.4 is 15.4 Å². The number of methoxy groups -OCH3 is 1. The van der Waals surface area contributed by atoms with E-state index in [0.29, 0.717) is 18.0 Å². The van der Waals surface area contributed by atoms with E-state index >= 15 is 0 Å². The van der Waals surface area contributed by atoms with Gasteiger partial charge in [-0.15, -0.1) is 0 Å². The van der Waals surface area contributed by atoms with Gasteiger partial charge >= 0.3 is 6.03 Å². The van der Waals surface area contributed by atoms with Crippen LogP contribution in [0.1, 0.15) is 23.9 Å². The maximum atomic E-state index is 12.0. The van der Waals surface area contributed by atoms with Gasteiger partial charge in [0, 0.05) is 36.1 Å². The zero-order chi connectivity index (χ0) is 16.1. The Morgan fingerprint density at radius 1 is 1.36 bits per heavy atom. The van der Waals surface area contributed by atoms with Crippen molar-refractivity contribution in [3.63, 3.8) is 0 Å². The molecular weight excluding hydrogens is 280 g/mol. The molecule has 2 N–H and O–H groups in total. The van der Waals surface area contributed by atoms with E-state index in [0.717, 1.165) is 23.5 Å². The molecule has 0 unspecified atom stereocenters. The maximum absolute atomic E-state index is 12.0. The Bertz CT molecular complexity index is 664. The number of nitrogens with zero attached hydrogens (tertiary/aromatic N) is 2. The van der Waals surface area contributed by atoms with Gasteiger partial charge in [0.25, 0.3) is 0 Å². The third-order valence-electron chi connectivity index (χ3n) is 3.58. The van der Waals surface area contributed by atoms with Crippen LogP contribution in [0.15, 0.2) is 24.3 Å². The second kappa shape index (κ2) is 6.98. The van der Waals surface area contributed by atoms with Crippen LogP contribution in [-0.4, -0.2) is 22.9 Å². The van der Waals surface area contributed by atoms with Crippen LogP contribution in [0.25, 0.3) is 0 Å². The fraction of sp³-hybridized carbons (Fsp3) is 0.375. The first-order valence-corrected chi connectivity index (χ1v) is 7.27. The molecular formula is C16H22N4O2. The van der Waals surface area contributed by atoms with Gasteiger partial charge in [0.1, 0.15) is 5.75 Å². The van der Waals surface area contributed by atoms with E-state index in [1.165, 1.54) is 0 Å². The lowest BCUT2D eigenvalue weighted by molar-refractivity contribution is 0.251. The largest absolute Gasteiger partial charge is 0.497 e. The summed E-state index contributed by atoms with van der Waals surface area (Å²) < 4.78 is 7.07. The lowest BCUT2D eigenvalue weighted by atomic mass is 10.2. The first-order valence-electron chi connectivity index (χ1n) is 7.27. The van der Waals surface area contributed by atoms with E-state index in [1.54, 1.807) is 13.2 Å². The molecule has 0 saturated heterocycles. The molecule has 0 atom stereocenters. The highest BCUT2D eigenvalue weighted by molar-refractivity contribution is 5.89. The molecule has 0 aliphatic carbocycles. The second-order valence-corrected chi connectivity index (χ2v) is 5.00. The van der Waals surface area contributed by atoms with Gasteiger partial charge in [0.2, 0.25) is 0 Å². The van der Waals surface area contributed by atoms with E-state index in [4.69, 9.17) is 4.74 Å². The van der Waals surface area contributed by atoms with Gasteiger partial charge in [-0.2, -0.15) is 5.10 Å². The van der Waals surface area contributed by atoms with Crippen LogP contribution >= 0.6 is 0 Å². The van der Waals surface area contributed by atoms with E-state index in [-0.39, 0.29) is 6.03 Å². The SMILES string of the molecule is CCn1nc(C)c(CNC(=O)Nc2cccc(OC)c2)c1C. The molecule has 0 bridgehead atoms. The van der Waals surface area contributed by atoms with Gasteiger partial charge in [-0.05, 0) is 32.9 Å². The summed E-state index contributed by atoms with van der Waals surface area (Å²) in [6.45, 7) is 7.29. The maximum Gasteiger partial charge on any atom is 0.319 e. The minimum Gasteiger partial charge on any atom is -0.497 e. The molecule has 0 aliphatic heterocycles. The van der Waals surface area contributed by atoms with E-state index < -0.39 is 0 Å². The van der Waals surface area contributed by atoms with Crippen LogP contribution in [0, 0.1) is 13.8 Å². The average Bonchev–Trinajstić information content (AvgIpc) is 2.79. The average molecular weight is 302 g/mol. The predicted molar refractivity (Wildman–Crippen MR) is 86.2 cm³/mol. The molecule has 0 radical (unpaired) electrons. The number of rotatable bonds is 5. The van der Waals surface area contributed by atoms with Gasteiger partial charge in [0.05, 0.1) is 12.8 Å². The number of hydrogen-bond donors (Lipinski definition) is 2. The molecule has 22 heavy (non-hydrogen) atoms. The number of anilines is 1. The second-order valence-electron chi connectivity index (χ2n) is 5.00. The zero-order valence-corrected chi connectivity index (χ0v) is 13.4. The summed E-state index contributed by atoms with van der Waals surface area (Å²) in [5, 5.41) is 10.1. The van der Waals surface area contributed by atoms with E-state index in [1.807, 2.05) is 43.7 Å². The molecule has 2 amide bonds. The first kappa shape index (κ1) is 15.9. The lowest BCUT2D eigenvalue weighted by Crippen LogP contribution is -2.28. The van der Waals surface area contributed by atoms with Crippen LogP contribution in [0.4, 0.5) is 10.5 Å². The minimum absolute atomic E-state index is 0.253. The van der Waals surface area contributed by atoms with Gasteiger partial charge in [-0.1, -0.05) is 6.07 Å². The van der Waals surface area contributed by atoms with Crippen molar-refractivity contribution in [2.45, 2.75) is 33.9 Å². The molecule has 0 fully saturated rings. The molecule has 6 nitrogen and oxygen atoms in total. The molecule has 0 spiro atoms. The highest BCUT2D eigenvalue weighted by Gasteiger charge is 2.11. The zero-order valence-electron chi connectivity index (χ0n) is 13.4. The Labute approximate surface area is 130 Å². The first-order chi connectivity index (χ1) is 10.5. The number of benzene rings is 1. The number of amides is 2. The normalized spacial score (nSPS) is 10.4. The fourth-order valence-corrected chi connectivity index (χ4v) is 2.34. The summed E-state index contributed by atoms with van der Waals surface area (Å²) in [4.78, 5) is 12.0. The number of ether oxygens (including phenoxy) is 1. The summed E-state index contributed by atoms with van der Waals surface area (Å²) in [7, 11) is 1.59. The van der Waals surface area contributed by atoms with Crippen molar-refractivity contribution in [2.24, 2.45) is 0 Å². The number of hydrogen-bond acceptors (Lipinski definition) is 3. The van der Waals surface area contributed by atoms with Crippen molar-refractivity contribution < 1.29 is 9.53 Å². The van der Waals surface area contributed by atoms with Gasteiger partial charge in [-0.25, -0.2) is 4.79 Å². The predicted octanol–water partition coefficient (Wildman–Crippen LogP) is 2.85. The third-order valence-corrected chi connectivity index (χ3v) is 3.58. The number of aromatic nitrogens is 2.